The summed E-state index contributed by atoms with van der Waals surface area (Å²) in [6.07, 6.45) is 2.70. The summed E-state index contributed by atoms with van der Waals surface area (Å²) in [6, 6.07) is 0. The smallest absolute Gasteiger partial charge is 0.263 e. The third-order valence-corrected chi connectivity index (χ3v) is 6.60. The van der Waals surface area contributed by atoms with E-state index in [-0.39, 0.29) is 11.7 Å². The number of thioether (sulfide) groups is 1. The molecule has 0 saturated carbocycles. The Morgan fingerprint density at radius 2 is 2.32 bits per heavy atom. The minimum Gasteiger partial charge on any atom is -0.372 e. The predicted molar refractivity (Wildman–Crippen MR) is 107 cm³/mol. The summed E-state index contributed by atoms with van der Waals surface area (Å²) in [6.45, 7) is 15.1. The maximum atomic E-state index is 13.2. The van der Waals surface area contributed by atoms with Crippen LogP contribution in [0.25, 0.3) is 10.2 Å². The molecule has 3 rings (SSSR count). The first-order chi connectivity index (χ1) is 11.9. The van der Waals surface area contributed by atoms with E-state index in [2.05, 4.69) is 27.0 Å². The van der Waals surface area contributed by atoms with Crippen molar-refractivity contribution in [1.29, 1.82) is 0 Å². The number of nitrogens with zero attached hydrogens (tertiary/aromatic N) is 2. The summed E-state index contributed by atoms with van der Waals surface area (Å²) in [4.78, 5) is 20.0. The van der Waals surface area contributed by atoms with E-state index >= 15 is 0 Å². The van der Waals surface area contributed by atoms with Gasteiger partial charge in [0.05, 0.1) is 18.1 Å². The lowest BCUT2D eigenvalue weighted by Gasteiger charge is -2.26. The van der Waals surface area contributed by atoms with Crippen LogP contribution in [0.3, 0.4) is 0 Å². The molecule has 0 N–H and O–H groups in total. The maximum Gasteiger partial charge on any atom is 0.263 e. The van der Waals surface area contributed by atoms with Crippen molar-refractivity contribution in [2.45, 2.75) is 51.6 Å². The summed E-state index contributed by atoms with van der Waals surface area (Å²) >= 11 is 3.15. The van der Waals surface area contributed by atoms with E-state index in [1.54, 1.807) is 33.7 Å². The molecule has 0 saturated heterocycles. The molecule has 3 heterocycles. The molecular formula is C19H24N2O2S2. The van der Waals surface area contributed by atoms with Gasteiger partial charge in [-0.15, -0.1) is 17.9 Å². The molecule has 1 atom stereocenters. The van der Waals surface area contributed by atoms with E-state index in [9.17, 15) is 4.79 Å². The van der Waals surface area contributed by atoms with E-state index in [0.717, 1.165) is 43.6 Å². The lowest BCUT2D eigenvalue weighted by Crippen LogP contribution is -2.28. The molecule has 1 aliphatic rings. The first-order valence-electron chi connectivity index (χ1n) is 8.47. The lowest BCUT2D eigenvalue weighted by molar-refractivity contribution is 0.00200. The molecule has 0 bridgehead atoms. The zero-order valence-corrected chi connectivity index (χ0v) is 16.6. The predicted octanol–water partition coefficient (Wildman–Crippen LogP) is 4.41. The summed E-state index contributed by atoms with van der Waals surface area (Å²) in [7, 11) is 0. The molecule has 4 nitrogen and oxygen atoms in total. The van der Waals surface area contributed by atoms with E-state index < -0.39 is 0 Å². The minimum absolute atomic E-state index is 0.0380. The van der Waals surface area contributed by atoms with Crippen LogP contribution in [0, 0.1) is 5.92 Å². The molecule has 0 aliphatic carbocycles. The van der Waals surface area contributed by atoms with Crippen LogP contribution in [0.4, 0.5) is 0 Å². The molecule has 2 aromatic rings. The van der Waals surface area contributed by atoms with Crippen LogP contribution in [0.15, 0.2) is 34.8 Å². The molecule has 2 aromatic heterocycles. The third-order valence-electron chi connectivity index (χ3n) is 4.30. The van der Waals surface area contributed by atoms with Crippen molar-refractivity contribution in [3.05, 3.63) is 45.6 Å². The Balaban J connectivity index is 2.13. The number of rotatable bonds is 6. The van der Waals surface area contributed by atoms with E-state index in [1.807, 2.05) is 6.92 Å². The first-order valence-corrected chi connectivity index (χ1v) is 10.3. The summed E-state index contributed by atoms with van der Waals surface area (Å²) in [5, 5.41) is 1.51. The number of hydrogen-bond acceptors (Lipinski definition) is 5. The lowest BCUT2D eigenvalue weighted by atomic mass is 9.96. The molecule has 0 fully saturated rings. The van der Waals surface area contributed by atoms with Crippen molar-refractivity contribution < 1.29 is 4.74 Å². The van der Waals surface area contributed by atoms with Crippen molar-refractivity contribution in [3.63, 3.8) is 0 Å². The second-order valence-electron chi connectivity index (χ2n) is 6.83. The third kappa shape index (κ3) is 3.61. The quantitative estimate of drug-likeness (QED) is 0.425. The van der Waals surface area contributed by atoms with Crippen molar-refractivity contribution in [2.24, 2.45) is 5.92 Å². The summed E-state index contributed by atoms with van der Waals surface area (Å²) in [5.74, 6) is 1.18. The normalized spacial score (nSPS) is 17.0. The van der Waals surface area contributed by atoms with Gasteiger partial charge in [-0.25, -0.2) is 4.98 Å². The van der Waals surface area contributed by atoms with Gasteiger partial charge >= 0.3 is 0 Å². The van der Waals surface area contributed by atoms with Gasteiger partial charge in [-0.05, 0) is 18.4 Å². The van der Waals surface area contributed by atoms with Crippen LogP contribution in [0.1, 0.15) is 31.2 Å². The number of ether oxygens (including phenoxy) is 1. The van der Waals surface area contributed by atoms with Crippen molar-refractivity contribution >= 4 is 33.3 Å². The van der Waals surface area contributed by atoms with Crippen LogP contribution in [-0.2, 0) is 24.3 Å². The second-order valence-corrected chi connectivity index (χ2v) is 8.85. The number of fused-ring (bicyclic) bond motifs is 3. The van der Waals surface area contributed by atoms with Crippen LogP contribution < -0.4 is 5.56 Å². The maximum absolute atomic E-state index is 13.2. The molecule has 0 amide bonds. The van der Waals surface area contributed by atoms with Gasteiger partial charge in [-0.2, -0.15) is 0 Å². The Kier molecular flexibility index (Phi) is 5.51. The fourth-order valence-electron chi connectivity index (χ4n) is 2.96. The minimum atomic E-state index is 0.0380. The highest BCUT2D eigenvalue weighted by Gasteiger charge is 2.28. The van der Waals surface area contributed by atoms with Gasteiger partial charge in [0.2, 0.25) is 0 Å². The molecule has 0 radical (unpaired) electrons. The van der Waals surface area contributed by atoms with Crippen molar-refractivity contribution in [3.8, 4) is 0 Å². The molecule has 0 aromatic carbocycles. The molecule has 1 aliphatic heterocycles. The molecular weight excluding hydrogens is 352 g/mol. The van der Waals surface area contributed by atoms with E-state index in [0.29, 0.717) is 19.1 Å². The summed E-state index contributed by atoms with van der Waals surface area (Å²) < 4.78 is 7.69. The fourth-order valence-corrected chi connectivity index (χ4v) is 4.97. The Morgan fingerprint density at radius 1 is 1.56 bits per heavy atom. The molecule has 0 spiro atoms. The number of aromatic nitrogens is 2. The average molecular weight is 377 g/mol. The molecule has 0 unspecified atom stereocenters. The average Bonchev–Trinajstić information content (AvgIpc) is 2.93. The standard InChI is InChI=1S/C19H24N2O2S2/c1-6-7-21-18(22)16-13-8-14(12(4)5)23-9-15(13)25-17(16)20-19(21)24-10-11(2)3/h6,12,14H,1-2,7-10H2,3-5H3/t14-/m0/s1. The van der Waals surface area contributed by atoms with E-state index in [1.165, 1.54) is 0 Å². The number of allylic oxidation sites excluding steroid dienone is 1. The SMILES string of the molecule is C=CCn1c(SCC(=C)C)nc2sc3c(c2c1=O)C[C@@H](C(C)C)OC3. The fraction of sp³-hybridized carbons (Fsp3) is 0.474. The van der Waals surface area contributed by atoms with Gasteiger partial charge in [0, 0.05) is 23.6 Å². The zero-order chi connectivity index (χ0) is 18.1. The first kappa shape index (κ1) is 18.4. The molecule has 134 valence electrons. The van der Waals surface area contributed by atoms with Crippen LogP contribution in [0.5, 0.6) is 0 Å². The Hall–Kier alpha value is -1.37. The Bertz CT molecular complexity index is 880. The van der Waals surface area contributed by atoms with Crippen LogP contribution >= 0.6 is 23.1 Å². The zero-order valence-electron chi connectivity index (χ0n) is 15.0. The van der Waals surface area contributed by atoms with Gasteiger partial charge in [-0.3, -0.25) is 9.36 Å². The van der Waals surface area contributed by atoms with Crippen LogP contribution in [0.2, 0.25) is 0 Å². The molecule has 25 heavy (non-hydrogen) atoms. The van der Waals surface area contributed by atoms with Gasteiger partial charge in [0.1, 0.15) is 4.83 Å². The van der Waals surface area contributed by atoms with Gasteiger partial charge in [-0.1, -0.05) is 43.8 Å². The largest absolute Gasteiger partial charge is 0.372 e. The van der Waals surface area contributed by atoms with Crippen LogP contribution in [-0.4, -0.2) is 21.4 Å². The van der Waals surface area contributed by atoms with E-state index in [4.69, 9.17) is 9.72 Å². The highest BCUT2D eigenvalue weighted by Crippen LogP contribution is 2.35. The Labute approximate surface area is 156 Å². The highest BCUT2D eigenvalue weighted by molar-refractivity contribution is 7.99. The Morgan fingerprint density at radius 3 is 2.96 bits per heavy atom. The number of thiophene rings is 1. The number of hydrogen-bond donors (Lipinski definition) is 0. The second kappa shape index (κ2) is 7.48. The topological polar surface area (TPSA) is 44.1 Å². The van der Waals surface area contributed by atoms with Gasteiger partial charge in [0.25, 0.3) is 5.56 Å². The van der Waals surface area contributed by atoms with Crippen molar-refractivity contribution in [1.82, 2.24) is 9.55 Å². The highest BCUT2D eigenvalue weighted by atomic mass is 32.2. The van der Waals surface area contributed by atoms with Gasteiger partial charge in [0.15, 0.2) is 5.16 Å². The van der Waals surface area contributed by atoms with Gasteiger partial charge < -0.3 is 4.74 Å². The summed E-state index contributed by atoms with van der Waals surface area (Å²) in [5.41, 5.74) is 2.23. The molecule has 6 heteroatoms. The van der Waals surface area contributed by atoms with Crippen molar-refractivity contribution in [2.75, 3.05) is 5.75 Å². The monoisotopic (exact) mass is 376 g/mol.